The minimum absolute atomic E-state index is 0.0354. The number of methoxy groups -OCH3 is 1. The van der Waals surface area contributed by atoms with E-state index >= 15 is 0 Å². The molecule has 0 radical (unpaired) electrons. The highest BCUT2D eigenvalue weighted by Crippen LogP contribution is 2.26. The van der Waals surface area contributed by atoms with Crippen molar-refractivity contribution in [2.24, 2.45) is 0 Å². The van der Waals surface area contributed by atoms with E-state index in [0.29, 0.717) is 18.0 Å². The Morgan fingerprint density at radius 1 is 1.03 bits per heavy atom. The number of carbonyl (C=O) groups excluding carboxylic acids is 2. The van der Waals surface area contributed by atoms with Crippen molar-refractivity contribution in [1.29, 1.82) is 0 Å². The molecule has 2 aromatic heterocycles. The lowest BCUT2D eigenvalue weighted by Gasteiger charge is -2.25. The van der Waals surface area contributed by atoms with Gasteiger partial charge in [0.05, 0.1) is 19.1 Å². The van der Waals surface area contributed by atoms with Crippen LogP contribution in [0.5, 0.6) is 0 Å². The van der Waals surface area contributed by atoms with E-state index in [1.807, 2.05) is 43.3 Å². The second-order valence-electron chi connectivity index (χ2n) is 6.94. The summed E-state index contributed by atoms with van der Waals surface area (Å²) in [5.74, 6) is 0.401. The number of furan rings is 2. The first-order chi connectivity index (χ1) is 14.5. The summed E-state index contributed by atoms with van der Waals surface area (Å²) in [5, 5.41) is 2.80. The molecule has 8 heteroatoms. The molecule has 3 rings (SSSR count). The molecule has 2 heterocycles. The van der Waals surface area contributed by atoms with E-state index in [4.69, 9.17) is 13.6 Å². The number of hydrogen-bond donors (Lipinski definition) is 1. The van der Waals surface area contributed by atoms with Gasteiger partial charge in [-0.05, 0) is 48.0 Å². The predicted molar refractivity (Wildman–Crippen MR) is 112 cm³/mol. The Hall–Kier alpha value is -3.52. The quantitative estimate of drug-likeness (QED) is 0.581. The molecule has 2 amide bonds. The number of ether oxygens (including phenoxy) is 1. The largest absolute Gasteiger partial charge is 0.467 e. The Morgan fingerprint density at radius 3 is 2.43 bits per heavy atom. The third-order valence-electron chi connectivity index (χ3n) is 4.43. The molecule has 0 unspecified atom stereocenters. The van der Waals surface area contributed by atoms with E-state index in [2.05, 4.69) is 5.32 Å². The SMILES string of the molecule is COCC(=O)Nc1ccc(N(C)C)c(CN(Cc2ccco2)C(=O)c2ccco2)c1. The van der Waals surface area contributed by atoms with Crippen LogP contribution in [0.1, 0.15) is 21.9 Å². The van der Waals surface area contributed by atoms with E-state index in [9.17, 15) is 9.59 Å². The summed E-state index contributed by atoms with van der Waals surface area (Å²) in [6.07, 6.45) is 3.04. The molecular weight excluding hydrogens is 386 g/mol. The summed E-state index contributed by atoms with van der Waals surface area (Å²) in [6.45, 7) is 0.535. The highest BCUT2D eigenvalue weighted by molar-refractivity contribution is 5.93. The Kier molecular flexibility index (Phi) is 6.92. The van der Waals surface area contributed by atoms with Crippen molar-refractivity contribution >= 4 is 23.2 Å². The summed E-state index contributed by atoms with van der Waals surface area (Å²) < 4.78 is 15.6. The molecule has 3 aromatic rings. The summed E-state index contributed by atoms with van der Waals surface area (Å²) in [6, 6.07) is 12.5. The van der Waals surface area contributed by atoms with Crippen molar-refractivity contribution < 1.29 is 23.2 Å². The second kappa shape index (κ2) is 9.80. The van der Waals surface area contributed by atoms with Crippen molar-refractivity contribution in [1.82, 2.24) is 4.90 Å². The first kappa shape index (κ1) is 21.2. The molecule has 0 spiro atoms. The molecule has 158 valence electrons. The average Bonchev–Trinajstić information content (AvgIpc) is 3.41. The highest BCUT2D eigenvalue weighted by Gasteiger charge is 2.22. The zero-order valence-corrected chi connectivity index (χ0v) is 17.3. The van der Waals surface area contributed by atoms with E-state index < -0.39 is 0 Å². The zero-order valence-electron chi connectivity index (χ0n) is 17.3. The van der Waals surface area contributed by atoms with Crippen molar-refractivity contribution in [3.63, 3.8) is 0 Å². The fraction of sp³-hybridized carbons (Fsp3) is 0.273. The lowest BCUT2D eigenvalue weighted by Crippen LogP contribution is -2.30. The molecule has 0 fully saturated rings. The maximum Gasteiger partial charge on any atom is 0.290 e. The fourth-order valence-corrected chi connectivity index (χ4v) is 3.11. The van der Waals surface area contributed by atoms with Gasteiger partial charge in [0.15, 0.2) is 5.76 Å². The van der Waals surface area contributed by atoms with Crippen LogP contribution in [0.25, 0.3) is 0 Å². The maximum absolute atomic E-state index is 13.1. The van der Waals surface area contributed by atoms with Gasteiger partial charge in [-0.15, -0.1) is 0 Å². The zero-order chi connectivity index (χ0) is 21.5. The third-order valence-corrected chi connectivity index (χ3v) is 4.43. The number of hydrogen-bond acceptors (Lipinski definition) is 6. The molecule has 1 aromatic carbocycles. The second-order valence-corrected chi connectivity index (χ2v) is 6.94. The molecule has 8 nitrogen and oxygen atoms in total. The monoisotopic (exact) mass is 411 g/mol. The fourth-order valence-electron chi connectivity index (χ4n) is 3.11. The van der Waals surface area contributed by atoms with E-state index in [1.165, 1.54) is 13.4 Å². The van der Waals surface area contributed by atoms with Crippen LogP contribution in [-0.2, 0) is 22.6 Å². The lowest BCUT2D eigenvalue weighted by atomic mass is 10.1. The minimum Gasteiger partial charge on any atom is -0.467 e. The van der Waals surface area contributed by atoms with Crippen LogP contribution in [0.3, 0.4) is 0 Å². The molecule has 0 aliphatic heterocycles. The van der Waals surface area contributed by atoms with Crippen LogP contribution in [0.15, 0.2) is 63.8 Å². The lowest BCUT2D eigenvalue weighted by molar-refractivity contribution is -0.119. The van der Waals surface area contributed by atoms with Crippen LogP contribution in [0.4, 0.5) is 11.4 Å². The molecular formula is C22H25N3O5. The van der Waals surface area contributed by atoms with Crippen molar-refractivity contribution in [2.45, 2.75) is 13.1 Å². The minimum atomic E-state index is -0.255. The van der Waals surface area contributed by atoms with Gasteiger partial charge in [0.25, 0.3) is 5.91 Å². The Morgan fingerprint density at radius 2 is 1.80 bits per heavy atom. The van der Waals surface area contributed by atoms with Crippen LogP contribution in [-0.4, -0.2) is 44.5 Å². The van der Waals surface area contributed by atoms with Gasteiger partial charge in [-0.1, -0.05) is 0 Å². The molecule has 0 bridgehead atoms. The molecule has 0 saturated carbocycles. The van der Waals surface area contributed by atoms with E-state index in [1.54, 1.807) is 29.4 Å². The number of rotatable bonds is 9. The first-order valence-electron chi connectivity index (χ1n) is 9.42. The van der Waals surface area contributed by atoms with Crippen molar-refractivity contribution in [3.05, 3.63) is 72.1 Å². The maximum atomic E-state index is 13.1. The van der Waals surface area contributed by atoms with Crippen molar-refractivity contribution in [3.8, 4) is 0 Å². The Bertz CT molecular complexity index is 965. The average molecular weight is 411 g/mol. The van der Waals surface area contributed by atoms with Crippen molar-refractivity contribution in [2.75, 3.05) is 38.0 Å². The normalized spacial score (nSPS) is 10.6. The Balaban J connectivity index is 1.91. The molecule has 0 atom stereocenters. The first-order valence-corrected chi connectivity index (χ1v) is 9.42. The summed E-state index contributed by atoms with van der Waals surface area (Å²) in [7, 11) is 5.31. The van der Waals surface area contributed by atoms with Crippen LogP contribution in [0, 0.1) is 0 Å². The molecule has 30 heavy (non-hydrogen) atoms. The molecule has 1 N–H and O–H groups in total. The van der Waals surface area contributed by atoms with Crippen LogP contribution < -0.4 is 10.2 Å². The standard InChI is InChI=1S/C22H25N3O5/c1-24(2)19-9-8-17(23-21(26)15-28-3)12-16(19)13-25(14-18-6-4-10-29-18)22(27)20-7-5-11-30-20/h4-12H,13-15H2,1-3H3,(H,23,26). The molecule has 0 saturated heterocycles. The van der Waals surface area contributed by atoms with Crippen LogP contribution >= 0.6 is 0 Å². The van der Waals surface area contributed by atoms with Gasteiger partial charge in [-0.3, -0.25) is 9.59 Å². The number of anilines is 2. The van der Waals surface area contributed by atoms with E-state index in [-0.39, 0.29) is 30.7 Å². The van der Waals surface area contributed by atoms with Gasteiger partial charge >= 0.3 is 0 Å². The smallest absolute Gasteiger partial charge is 0.290 e. The highest BCUT2D eigenvalue weighted by atomic mass is 16.5. The molecule has 0 aliphatic rings. The number of carbonyl (C=O) groups is 2. The van der Waals surface area contributed by atoms with Gasteiger partial charge in [0, 0.05) is 39.1 Å². The summed E-state index contributed by atoms with van der Waals surface area (Å²) in [5.41, 5.74) is 2.42. The number of amides is 2. The summed E-state index contributed by atoms with van der Waals surface area (Å²) >= 11 is 0. The number of nitrogens with one attached hydrogen (secondary N) is 1. The number of benzene rings is 1. The van der Waals surface area contributed by atoms with Crippen LogP contribution in [0.2, 0.25) is 0 Å². The van der Waals surface area contributed by atoms with Gasteiger partial charge in [0.2, 0.25) is 5.91 Å². The van der Waals surface area contributed by atoms with Gasteiger partial charge in [-0.2, -0.15) is 0 Å². The topological polar surface area (TPSA) is 88.2 Å². The van der Waals surface area contributed by atoms with Gasteiger partial charge in [0.1, 0.15) is 12.4 Å². The van der Waals surface area contributed by atoms with E-state index in [0.717, 1.165) is 11.3 Å². The van der Waals surface area contributed by atoms with Gasteiger partial charge < -0.3 is 28.7 Å². The Labute approximate surface area is 175 Å². The van der Waals surface area contributed by atoms with Gasteiger partial charge in [-0.25, -0.2) is 0 Å². The molecule has 0 aliphatic carbocycles. The predicted octanol–water partition coefficient (Wildman–Crippen LogP) is 3.37. The summed E-state index contributed by atoms with van der Waals surface area (Å²) in [4.78, 5) is 28.6. The number of nitrogens with zero attached hydrogens (tertiary/aromatic N) is 2. The third kappa shape index (κ3) is 5.30.